The van der Waals surface area contributed by atoms with Crippen molar-refractivity contribution < 1.29 is 19.2 Å². The first-order chi connectivity index (χ1) is 12.5. The van der Waals surface area contributed by atoms with Gasteiger partial charge < -0.3 is 24.8 Å². The van der Waals surface area contributed by atoms with Gasteiger partial charge in [0.2, 0.25) is 11.8 Å². The number of hydrogen-bond acceptors (Lipinski definition) is 7. The molecule has 2 aromatic rings. The number of amides is 2. The summed E-state index contributed by atoms with van der Waals surface area (Å²) in [5.41, 5.74) is 0. The van der Waals surface area contributed by atoms with Crippen molar-refractivity contribution in [2.75, 3.05) is 7.05 Å². The molecule has 1 aliphatic rings. The van der Waals surface area contributed by atoms with Crippen LogP contribution < -0.4 is 5.32 Å². The van der Waals surface area contributed by atoms with Gasteiger partial charge in [-0.3, -0.25) is 9.59 Å². The van der Waals surface area contributed by atoms with Crippen molar-refractivity contribution in [3.8, 4) is 0 Å². The van der Waals surface area contributed by atoms with E-state index in [9.17, 15) is 14.7 Å². The molecule has 10 nitrogen and oxygen atoms in total. The second-order valence-electron chi connectivity index (χ2n) is 6.41. The topological polar surface area (TPSA) is 137 Å². The van der Waals surface area contributed by atoms with Crippen LogP contribution in [0.2, 0.25) is 0 Å². The quantitative estimate of drug-likeness (QED) is 0.651. The molecule has 0 radical (unpaired) electrons. The molecule has 140 valence electrons. The molecule has 1 aliphatic carbocycles. The number of nitrogens with zero attached hydrogens (tertiary/aromatic N) is 4. The van der Waals surface area contributed by atoms with E-state index in [1.54, 1.807) is 13.2 Å². The average Bonchev–Trinajstić information content (AvgIpc) is 3.36. The number of hydrogen-bond donors (Lipinski definition) is 3. The molecule has 2 heterocycles. The third-order valence-corrected chi connectivity index (χ3v) is 4.48. The number of aromatic nitrogens is 4. The molecule has 10 heteroatoms. The molecule has 3 rings (SSSR count). The zero-order valence-electron chi connectivity index (χ0n) is 14.7. The van der Waals surface area contributed by atoms with Crippen LogP contribution in [0.15, 0.2) is 16.9 Å². The molecule has 1 saturated carbocycles. The van der Waals surface area contributed by atoms with Crippen molar-refractivity contribution in [2.45, 2.75) is 44.9 Å². The van der Waals surface area contributed by atoms with Crippen LogP contribution in [0.4, 0.5) is 0 Å². The number of imidazole rings is 1. The largest absolute Gasteiger partial charge is 0.391 e. The molecule has 0 aliphatic heterocycles. The van der Waals surface area contributed by atoms with E-state index in [0.717, 1.165) is 0 Å². The Labute approximate surface area is 150 Å². The van der Waals surface area contributed by atoms with Gasteiger partial charge in [-0.25, -0.2) is 4.98 Å². The van der Waals surface area contributed by atoms with Crippen LogP contribution in [0.25, 0.3) is 0 Å². The van der Waals surface area contributed by atoms with Crippen LogP contribution in [0.5, 0.6) is 0 Å². The highest BCUT2D eigenvalue weighted by Crippen LogP contribution is 2.28. The minimum Gasteiger partial charge on any atom is -0.391 e. The third-order valence-electron chi connectivity index (χ3n) is 4.48. The van der Waals surface area contributed by atoms with Gasteiger partial charge in [0.25, 0.3) is 5.91 Å². The van der Waals surface area contributed by atoms with E-state index >= 15 is 0 Å². The minimum atomic E-state index is -0.784. The number of nitrogens with one attached hydrogen (secondary N) is 2. The first-order valence-corrected chi connectivity index (χ1v) is 8.52. The average molecular weight is 362 g/mol. The zero-order chi connectivity index (χ0) is 18.7. The Morgan fingerprint density at radius 3 is 2.92 bits per heavy atom. The lowest BCUT2D eigenvalue weighted by molar-refractivity contribution is -0.134. The summed E-state index contributed by atoms with van der Waals surface area (Å²) < 4.78 is 5.04. The SMILES string of the molecule is CCc1nc(CN(C)C(=O)[C@@H]2C[C@@H](O)[C@H](NC(=O)c3ncc[nH]3)C2)no1. The summed E-state index contributed by atoms with van der Waals surface area (Å²) in [4.78, 5) is 37.0. The van der Waals surface area contributed by atoms with E-state index in [0.29, 0.717) is 31.0 Å². The molecule has 0 saturated heterocycles. The van der Waals surface area contributed by atoms with Crippen LogP contribution in [0.3, 0.4) is 0 Å². The summed E-state index contributed by atoms with van der Waals surface area (Å²) >= 11 is 0. The van der Waals surface area contributed by atoms with E-state index in [4.69, 9.17) is 4.52 Å². The number of carbonyl (C=O) groups excluding carboxylic acids is 2. The van der Waals surface area contributed by atoms with Gasteiger partial charge in [-0.1, -0.05) is 12.1 Å². The van der Waals surface area contributed by atoms with Crippen molar-refractivity contribution >= 4 is 11.8 Å². The number of rotatable bonds is 6. The van der Waals surface area contributed by atoms with E-state index in [1.165, 1.54) is 11.1 Å². The fourth-order valence-electron chi connectivity index (χ4n) is 3.10. The molecule has 0 bridgehead atoms. The molecule has 26 heavy (non-hydrogen) atoms. The molecule has 3 N–H and O–H groups in total. The summed E-state index contributed by atoms with van der Waals surface area (Å²) in [6, 6.07) is -0.494. The number of H-pyrrole nitrogens is 1. The minimum absolute atomic E-state index is 0.123. The summed E-state index contributed by atoms with van der Waals surface area (Å²) in [6.07, 6.45) is 3.53. The second-order valence-corrected chi connectivity index (χ2v) is 6.41. The fraction of sp³-hybridized carbons (Fsp3) is 0.562. The summed E-state index contributed by atoms with van der Waals surface area (Å²) in [5, 5.41) is 16.8. The van der Waals surface area contributed by atoms with Crippen molar-refractivity contribution in [1.82, 2.24) is 30.3 Å². The van der Waals surface area contributed by atoms with Crippen molar-refractivity contribution in [3.05, 3.63) is 29.9 Å². The molecule has 0 unspecified atom stereocenters. The zero-order valence-corrected chi connectivity index (χ0v) is 14.7. The highest BCUT2D eigenvalue weighted by atomic mass is 16.5. The van der Waals surface area contributed by atoms with Gasteiger partial charge in [-0.2, -0.15) is 4.98 Å². The third kappa shape index (κ3) is 3.90. The van der Waals surface area contributed by atoms with E-state index in [-0.39, 0.29) is 24.2 Å². The maximum absolute atomic E-state index is 12.6. The van der Waals surface area contributed by atoms with Gasteiger partial charge in [-0.05, 0) is 12.8 Å². The fourth-order valence-corrected chi connectivity index (χ4v) is 3.10. The maximum Gasteiger partial charge on any atom is 0.287 e. The van der Waals surface area contributed by atoms with Crippen LogP contribution in [-0.2, 0) is 17.8 Å². The van der Waals surface area contributed by atoms with Crippen LogP contribution in [0, 0.1) is 5.92 Å². The van der Waals surface area contributed by atoms with E-state index in [1.807, 2.05) is 6.92 Å². The number of carbonyl (C=O) groups is 2. The standard InChI is InChI=1S/C16H22N6O4/c1-3-13-20-12(21-26-13)8-22(2)16(25)9-6-10(11(23)7-9)19-15(24)14-17-4-5-18-14/h4-5,9-11,23H,3,6-8H2,1-2H3,(H,17,18)(H,19,24)/t9-,10+,11+/m0/s1. The molecule has 2 aromatic heterocycles. The van der Waals surface area contributed by atoms with Crippen molar-refractivity contribution in [1.29, 1.82) is 0 Å². The Bertz CT molecular complexity index is 759. The van der Waals surface area contributed by atoms with Crippen molar-refractivity contribution in [2.24, 2.45) is 5.92 Å². The van der Waals surface area contributed by atoms with E-state index < -0.39 is 18.1 Å². The lowest BCUT2D eigenvalue weighted by Crippen LogP contribution is -2.40. The van der Waals surface area contributed by atoms with Crippen LogP contribution >= 0.6 is 0 Å². The predicted molar refractivity (Wildman–Crippen MR) is 88.7 cm³/mol. The number of aromatic amines is 1. The van der Waals surface area contributed by atoms with Gasteiger partial charge in [-0.15, -0.1) is 0 Å². The van der Waals surface area contributed by atoms with Gasteiger partial charge in [0.1, 0.15) is 0 Å². The van der Waals surface area contributed by atoms with Gasteiger partial charge >= 0.3 is 0 Å². The Kier molecular flexibility index (Phi) is 5.31. The molecule has 3 atom stereocenters. The summed E-state index contributed by atoms with van der Waals surface area (Å²) in [5.74, 6) is 0.236. The molecular formula is C16H22N6O4. The van der Waals surface area contributed by atoms with Gasteiger partial charge in [0.15, 0.2) is 11.6 Å². The normalized spacial score (nSPS) is 22.3. The molecule has 2 amide bonds. The Morgan fingerprint density at radius 2 is 2.27 bits per heavy atom. The Balaban J connectivity index is 1.55. The van der Waals surface area contributed by atoms with Crippen LogP contribution in [-0.4, -0.2) is 61.1 Å². The monoisotopic (exact) mass is 362 g/mol. The Hall–Kier alpha value is -2.75. The van der Waals surface area contributed by atoms with E-state index in [2.05, 4.69) is 25.4 Å². The lowest BCUT2D eigenvalue weighted by atomic mass is 10.1. The molecule has 0 spiro atoms. The highest BCUT2D eigenvalue weighted by Gasteiger charge is 2.39. The molecule has 0 aromatic carbocycles. The van der Waals surface area contributed by atoms with Gasteiger partial charge in [0, 0.05) is 31.8 Å². The van der Waals surface area contributed by atoms with Crippen molar-refractivity contribution in [3.63, 3.8) is 0 Å². The predicted octanol–water partition coefficient (Wildman–Crippen LogP) is -0.117. The van der Waals surface area contributed by atoms with Gasteiger partial charge in [0.05, 0.1) is 18.7 Å². The van der Waals surface area contributed by atoms with Crippen LogP contribution in [0.1, 0.15) is 42.1 Å². The number of aliphatic hydroxyl groups is 1. The summed E-state index contributed by atoms with van der Waals surface area (Å²) in [6.45, 7) is 2.14. The Morgan fingerprint density at radius 1 is 1.46 bits per heavy atom. The lowest BCUT2D eigenvalue weighted by Gasteiger charge is -2.19. The molecule has 1 fully saturated rings. The first kappa shape index (κ1) is 18.1. The first-order valence-electron chi connectivity index (χ1n) is 8.52. The molecular weight excluding hydrogens is 340 g/mol. The highest BCUT2D eigenvalue weighted by molar-refractivity contribution is 5.90. The number of aryl methyl sites for hydroxylation is 1. The summed E-state index contributed by atoms with van der Waals surface area (Å²) in [7, 11) is 1.66. The number of aliphatic hydroxyl groups excluding tert-OH is 1. The maximum atomic E-state index is 12.6. The smallest absolute Gasteiger partial charge is 0.287 e. The second kappa shape index (κ2) is 7.65.